The average molecular weight is 300 g/mol. The maximum Gasteiger partial charge on any atom is 0.310 e. The standard InChI is InChI=1S/C13H20N2O4S/c1-8(2)13(3,12(16)17)6-10-14-11(15-19-10)9-7-20-5-4-18-9/h8-9H,4-7H2,1-3H3,(H,16,17). The van der Waals surface area contributed by atoms with E-state index in [1.807, 2.05) is 13.8 Å². The van der Waals surface area contributed by atoms with Crippen molar-refractivity contribution in [1.82, 2.24) is 10.1 Å². The Bertz CT molecular complexity index is 471. The molecule has 1 saturated heterocycles. The maximum absolute atomic E-state index is 11.5. The number of hydrogen-bond donors (Lipinski definition) is 1. The van der Waals surface area contributed by atoms with E-state index in [0.717, 1.165) is 11.5 Å². The van der Waals surface area contributed by atoms with E-state index < -0.39 is 11.4 Å². The highest BCUT2D eigenvalue weighted by Crippen LogP contribution is 2.32. The van der Waals surface area contributed by atoms with Gasteiger partial charge in [-0.15, -0.1) is 0 Å². The lowest BCUT2D eigenvalue weighted by Crippen LogP contribution is -2.35. The molecular weight excluding hydrogens is 280 g/mol. The van der Waals surface area contributed by atoms with Gasteiger partial charge in [-0.05, 0) is 12.8 Å². The first-order valence-corrected chi connectivity index (χ1v) is 7.84. The number of rotatable bonds is 5. The van der Waals surface area contributed by atoms with Gasteiger partial charge >= 0.3 is 5.97 Å². The Kier molecular flexibility index (Phi) is 4.70. The van der Waals surface area contributed by atoms with E-state index in [0.29, 0.717) is 18.3 Å². The molecule has 0 aromatic carbocycles. The number of carbonyl (C=O) groups is 1. The van der Waals surface area contributed by atoms with Crippen LogP contribution in [-0.4, -0.2) is 39.3 Å². The summed E-state index contributed by atoms with van der Waals surface area (Å²) in [6.45, 7) is 6.15. The van der Waals surface area contributed by atoms with Crippen LogP contribution in [-0.2, 0) is 16.0 Å². The van der Waals surface area contributed by atoms with E-state index in [4.69, 9.17) is 9.26 Å². The number of carboxylic acids is 1. The maximum atomic E-state index is 11.5. The zero-order valence-corrected chi connectivity index (χ0v) is 12.8. The highest BCUT2D eigenvalue weighted by Gasteiger charge is 2.39. The third-order valence-corrected chi connectivity index (χ3v) is 4.86. The van der Waals surface area contributed by atoms with Gasteiger partial charge in [0.2, 0.25) is 11.7 Å². The number of hydrogen-bond acceptors (Lipinski definition) is 6. The number of carboxylic acid groups (broad SMARTS) is 1. The molecule has 0 bridgehead atoms. The van der Waals surface area contributed by atoms with Crippen molar-refractivity contribution < 1.29 is 19.2 Å². The Balaban J connectivity index is 2.10. The molecule has 1 aliphatic rings. The molecule has 1 aliphatic heterocycles. The Labute approximate surface area is 122 Å². The predicted octanol–water partition coefficient (Wildman–Crippen LogP) is 2.16. The van der Waals surface area contributed by atoms with Crippen molar-refractivity contribution in [2.45, 2.75) is 33.3 Å². The highest BCUT2D eigenvalue weighted by atomic mass is 32.2. The summed E-state index contributed by atoms with van der Waals surface area (Å²) in [6, 6.07) is 0. The Morgan fingerprint density at radius 1 is 1.60 bits per heavy atom. The van der Waals surface area contributed by atoms with Crippen molar-refractivity contribution in [2.24, 2.45) is 11.3 Å². The SMILES string of the molecule is CC(C)C(C)(Cc1nc(C2CSCCO2)no1)C(=O)O. The van der Waals surface area contributed by atoms with Crippen LogP contribution in [0.5, 0.6) is 0 Å². The quantitative estimate of drug-likeness (QED) is 0.891. The van der Waals surface area contributed by atoms with Gasteiger partial charge in [0, 0.05) is 17.9 Å². The summed E-state index contributed by atoms with van der Waals surface area (Å²) in [5, 5.41) is 13.3. The van der Waals surface area contributed by atoms with Crippen LogP contribution in [0.25, 0.3) is 0 Å². The Morgan fingerprint density at radius 3 is 2.90 bits per heavy atom. The normalized spacial score (nSPS) is 22.7. The molecule has 1 aromatic heterocycles. The first-order chi connectivity index (χ1) is 9.43. The second-order valence-corrected chi connectivity index (χ2v) is 6.68. The van der Waals surface area contributed by atoms with Crippen LogP contribution in [0.2, 0.25) is 0 Å². The molecule has 1 N–H and O–H groups in total. The number of thioether (sulfide) groups is 1. The van der Waals surface area contributed by atoms with Crippen molar-refractivity contribution >= 4 is 17.7 Å². The summed E-state index contributed by atoms with van der Waals surface area (Å²) in [7, 11) is 0. The minimum absolute atomic E-state index is 0.0307. The molecular formula is C13H20N2O4S. The minimum atomic E-state index is -0.911. The van der Waals surface area contributed by atoms with Gasteiger partial charge in [0.1, 0.15) is 6.10 Å². The summed E-state index contributed by atoms with van der Waals surface area (Å²) >= 11 is 1.79. The summed E-state index contributed by atoms with van der Waals surface area (Å²) in [6.07, 6.45) is 0.0775. The lowest BCUT2D eigenvalue weighted by atomic mass is 9.76. The fraction of sp³-hybridized carbons (Fsp3) is 0.769. The number of aliphatic carboxylic acids is 1. The molecule has 0 radical (unpaired) electrons. The van der Waals surface area contributed by atoms with Crippen molar-refractivity contribution in [1.29, 1.82) is 0 Å². The lowest BCUT2D eigenvalue weighted by Gasteiger charge is -2.27. The molecule has 0 aliphatic carbocycles. The Hall–Kier alpha value is -1.08. The molecule has 20 heavy (non-hydrogen) atoms. The number of ether oxygens (including phenoxy) is 1. The van der Waals surface area contributed by atoms with E-state index >= 15 is 0 Å². The summed E-state index contributed by atoms with van der Waals surface area (Å²) in [5.74, 6) is 1.78. The van der Waals surface area contributed by atoms with Gasteiger partial charge in [-0.2, -0.15) is 16.7 Å². The summed E-state index contributed by atoms with van der Waals surface area (Å²) in [5.41, 5.74) is -0.911. The number of nitrogens with zero attached hydrogens (tertiary/aromatic N) is 2. The van der Waals surface area contributed by atoms with Crippen LogP contribution < -0.4 is 0 Å². The van der Waals surface area contributed by atoms with Gasteiger partial charge in [0.25, 0.3) is 0 Å². The van der Waals surface area contributed by atoms with E-state index in [9.17, 15) is 9.90 Å². The monoisotopic (exact) mass is 300 g/mol. The van der Waals surface area contributed by atoms with E-state index in [1.54, 1.807) is 18.7 Å². The molecule has 112 valence electrons. The van der Waals surface area contributed by atoms with Gasteiger partial charge in [-0.3, -0.25) is 4.79 Å². The first kappa shape index (κ1) is 15.3. The van der Waals surface area contributed by atoms with Crippen molar-refractivity contribution in [3.05, 3.63) is 11.7 Å². The van der Waals surface area contributed by atoms with Gasteiger partial charge < -0.3 is 14.4 Å². The largest absolute Gasteiger partial charge is 0.481 e. The van der Waals surface area contributed by atoms with Gasteiger partial charge in [-0.1, -0.05) is 19.0 Å². The van der Waals surface area contributed by atoms with E-state index in [1.165, 1.54) is 0 Å². The van der Waals surface area contributed by atoms with Crippen LogP contribution in [0.1, 0.15) is 38.6 Å². The zero-order chi connectivity index (χ0) is 14.8. The first-order valence-electron chi connectivity index (χ1n) is 6.68. The second kappa shape index (κ2) is 6.13. The predicted molar refractivity (Wildman–Crippen MR) is 74.6 cm³/mol. The molecule has 2 atom stereocenters. The van der Waals surface area contributed by atoms with Crippen molar-refractivity contribution in [3.63, 3.8) is 0 Å². The van der Waals surface area contributed by atoms with Crippen molar-refractivity contribution in [3.8, 4) is 0 Å². The molecule has 1 aromatic rings. The number of aromatic nitrogens is 2. The molecule has 0 spiro atoms. The van der Waals surface area contributed by atoms with Crippen LogP contribution >= 0.6 is 11.8 Å². The molecule has 1 fully saturated rings. The highest BCUT2D eigenvalue weighted by molar-refractivity contribution is 7.99. The molecule has 2 rings (SSSR count). The van der Waals surface area contributed by atoms with Crippen LogP contribution in [0.15, 0.2) is 4.52 Å². The topological polar surface area (TPSA) is 85.5 Å². The van der Waals surface area contributed by atoms with Crippen molar-refractivity contribution in [2.75, 3.05) is 18.1 Å². The van der Waals surface area contributed by atoms with Crippen LogP contribution in [0.4, 0.5) is 0 Å². The summed E-state index contributed by atoms with van der Waals surface area (Å²) < 4.78 is 10.8. The molecule has 2 heterocycles. The van der Waals surface area contributed by atoms with E-state index in [-0.39, 0.29) is 18.4 Å². The average Bonchev–Trinajstić information content (AvgIpc) is 2.87. The van der Waals surface area contributed by atoms with Crippen LogP contribution in [0.3, 0.4) is 0 Å². The molecule has 0 saturated carbocycles. The third-order valence-electron chi connectivity index (χ3n) is 3.87. The van der Waals surface area contributed by atoms with Gasteiger partial charge in [0.05, 0.1) is 12.0 Å². The fourth-order valence-electron chi connectivity index (χ4n) is 1.95. The third kappa shape index (κ3) is 3.15. The molecule has 2 unspecified atom stereocenters. The summed E-state index contributed by atoms with van der Waals surface area (Å²) in [4.78, 5) is 15.8. The second-order valence-electron chi connectivity index (χ2n) is 5.53. The van der Waals surface area contributed by atoms with E-state index in [2.05, 4.69) is 10.1 Å². The lowest BCUT2D eigenvalue weighted by molar-refractivity contribution is -0.150. The molecule has 7 heteroatoms. The fourth-order valence-corrected chi connectivity index (χ4v) is 2.79. The zero-order valence-electron chi connectivity index (χ0n) is 12.0. The minimum Gasteiger partial charge on any atom is -0.481 e. The van der Waals surface area contributed by atoms with Crippen LogP contribution in [0, 0.1) is 11.3 Å². The van der Waals surface area contributed by atoms with Gasteiger partial charge in [-0.25, -0.2) is 0 Å². The Morgan fingerprint density at radius 2 is 2.35 bits per heavy atom. The molecule has 0 amide bonds. The van der Waals surface area contributed by atoms with Gasteiger partial charge in [0.15, 0.2) is 0 Å². The molecule has 6 nitrogen and oxygen atoms in total. The smallest absolute Gasteiger partial charge is 0.310 e.